The largest absolute Gasteiger partial charge is 0.496 e. The number of carboxylic acid groups (broad SMARTS) is 1. The molecule has 26 heavy (non-hydrogen) atoms. The summed E-state index contributed by atoms with van der Waals surface area (Å²) >= 11 is 0. The Bertz CT molecular complexity index is 618. The third kappa shape index (κ3) is 6.26. The standard InChI is InChI=1S/C18H30FNO5Si/c1-18(2,3)26(5,6)25-13(11-20-17(22)23)10-15(21)14-9-12(19)7-8-16(14)24-4/h7-9,13,15,20-21H,10-11H2,1-6H3,(H,22,23). The number of carbonyl (C=O) groups is 1. The van der Waals surface area contributed by atoms with E-state index in [1.165, 1.54) is 25.3 Å². The highest BCUT2D eigenvalue weighted by atomic mass is 28.4. The van der Waals surface area contributed by atoms with E-state index in [1.807, 2.05) is 0 Å². The van der Waals surface area contributed by atoms with E-state index in [0.717, 1.165) is 0 Å². The molecule has 2 unspecified atom stereocenters. The Morgan fingerprint density at radius 1 is 1.35 bits per heavy atom. The van der Waals surface area contributed by atoms with Gasteiger partial charge in [0.1, 0.15) is 11.6 Å². The second-order valence-electron chi connectivity index (χ2n) is 7.82. The van der Waals surface area contributed by atoms with Crippen molar-refractivity contribution >= 4 is 14.4 Å². The summed E-state index contributed by atoms with van der Waals surface area (Å²) in [5.74, 6) is -0.110. The first-order valence-electron chi connectivity index (χ1n) is 8.53. The molecule has 1 aromatic carbocycles. The molecule has 0 radical (unpaired) electrons. The molecule has 6 nitrogen and oxygen atoms in total. The minimum atomic E-state index is -2.19. The van der Waals surface area contributed by atoms with Crippen LogP contribution in [0.1, 0.15) is 38.9 Å². The zero-order valence-corrected chi connectivity index (χ0v) is 17.3. The normalized spacial score (nSPS) is 14.6. The summed E-state index contributed by atoms with van der Waals surface area (Å²) in [4.78, 5) is 10.9. The molecule has 0 spiro atoms. The fraction of sp³-hybridized carbons (Fsp3) is 0.611. The number of ether oxygens (including phenoxy) is 1. The van der Waals surface area contributed by atoms with E-state index in [0.29, 0.717) is 11.3 Å². The van der Waals surface area contributed by atoms with Crippen LogP contribution in [0.25, 0.3) is 0 Å². The van der Waals surface area contributed by atoms with Crippen molar-refractivity contribution in [3.05, 3.63) is 29.6 Å². The minimum Gasteiger partial charge on any atom is -0.496 e. The molecule has 0 heterocycles. The van der Waals surface area contributed by atoms with Gasteiger partial charge in [0.25, 0.3) is 0 Å². The summed E-state index contributed by atoms with van der Waals surface area (Å²) < 4.78 is 25.0. The summed E-state index contributed by atoms with van der Waals surface area (Å²) in [5.41, 5.74) is 0.312. The Hall–Kier alpha value is -1.64. The summed E-state index contributed by atoms with van der Waals surface area (Å²) in [6.45, 7) is 10.4. The Labute approximate surface area is 155 Å². The number of aliphatic hydroxyl groups is 1. The van der Waals surface area contributed by atoms with Gasteiger partial charge in [0.05, 0.1) is 19.3 Å². The zero-order valence-electron chi connectivity index (χ0n) is 16.3. The molecule has 0 saturated heterocycles. The first-order chi connectivity index (χ1) is 11.9. The van der Waals surface area contributed by atoms with Gasteiger partial charge in [-0.2, -0.15) is 0 Å². The second kappa shape index (κ2) is 8.83. The molecule has 3 N–H and O–H groups in total. The van der Waals surface area contributed by atoms with Crippen LogP contribution in [0, 0.1) is 5.82 Å². The van der Waals surface area contributed by atoms with Gasteiger partial charge < -0.3 is 24.7 Å². The van der Waals surface area contributed by atoms with Gasteiger partial charge in [0.2, 0.25) is 0 Å². The fourth-order valence-corrected chi connectivity index (χ4v) is 3.68. The average Bonchev–Trinajstić information content (AvgIpc) is 2.51. The third-order valence-corrected chi connectivity index (χ3v) is 9.32. The van der Waals surface area contributed by atoms with E-state index < -0.39 is 32.4 Å². The lowest BCUT2D eigenvalue weighted by atomic mass is 10.0. The van der Waals surface area contributed by atoms with Crippen molar-refractivity contribution in [3.63, 3.8) is 0 Å². The van der Waals surface area contributed by atoms with E-state index in [4.69, 9.17) is 14.3 Å². The minimum absolute atomic E-state index is 0.0382. The molecule has 1 rings (SSSR count). The number of methoxy groups -OCH3 is 1. The highest BCUT2D eigenvalue weighted by molar-refractivity contribution is 6.74. The predicted octanol–water partition coefficient (Wildman–Crippen LogP) is 3.92. The molecule has 0 aromatic heterocycles. The SMILES string of the molecule is COc1ccc(F)cc1C(O)CC(CNC(=O)O)O[Si](C)(C)C(C)(C)C. The zero-order chi connectivity index (χ0) is 20.1. The summed E-state index contributed by atoms with van der Waals surface area (Å²) in [5, 5.41) is 21.7. The third-order valence-electron chi connectivity index (χ3n) is 4.79. The van der Waals surface area contributed by atoms with Gasteiger partial charge in [0, 0.05) is 18.5 Å². The highest BCUT2D eigenvalue weighted by Crippen LogP contribution is 2.38. The molecule has 0 aliphatic heterocycles. The van der Waals surface area contributed by atoms with E-state index in [2.05, 4.69) is 39.2 Å². The number of hydrogen-bond acceptors (Lipinski definition) is 4. The molecule has 148 valence electrons. The molecule has 8 heteroatoms. The maximum atomic E-state index is 13.6. The van der Waals surface area contributed by atoms with Crippen LogP contribution in [-0.2, 0) is 4.43 Å². The lowest BCUT2D eigenvalue weighted by Gasteiger charge is -2.39. The molecule has 1 amide bonds. The molecular weight excluding hydrogens is 357 g/mol. The molecule has 0 aliphatic carbocycles. The second-order valence-corrected chi connectivity index (χ2v) is 12.6. The van der Waals surface area contributed by atoms with Crippen molar-refractivity contribution in [2.45, 2.75) is 57.5 Å². The number of halogens is 1. The van der Waals surface area contributed by atoms with Gasteiger partial charge >= 0.3 is 6.09 Å². The van der Waals surface area contributed by atoms with Crippen LogP contribution < -0.4 is 10.1 Å². The van der Waals surface area contributed by atoms with Crippen molar-refractivity contribution in [1.29, 1.82) is 0 Å². The fourth-order valence-electron chi connectivity index (χ4n) is 2.31. The lowest BCUT2D eigenvalue weighted by Crippen LogP contribution is -2.47. The van der Waals surface area contributed by atoms with Crippen molar-refractivity contribution in [3.8, 4) is 5.75 Å². The monoisotopic (exact) mass is 387 g/mol. The number of nitrogens with one attached hydrogen (secondary N) is 1. The quantitative estimate of drug-likeness (QED) is 0.589. The topological polar surface area (TPSA) is 88.0 Å². The van der Waals surface area contributed by atoms with Gasteiger partial charge in [-0.1, -0.05) is 20.8 Å². The van der Waals surface area contributed by atoms with E-state index in [-0.39, 0.29) is 18.0 Å². The molecule has 0 saturated carbocycles. The van der Waals surface area contributed by atoms with E-state index >= 15 is 0 Å². The van der Waals surface area contributed by atoms with Crippen LogP contribution in [0.3, 0.4) is 0 Å². The number of aliphatic hydroxyl groups excluding tert-OH is 1. The Kier molecular flexibility index (Phi) is 7.61. The highest BCUT2D eigenvalue weighted by Gasteiger charge is 2.39. The first-order valence-corrected chi connectivity index (χ1v) is 11.4. The number of amides is 1. The summed E-state index contributed by atoms with van der Waals surface area (Å²) in [6, 6.07) is 3.93. The Morgan fingerprint density at radius 2 is 1.96 bits per heavy atom. The average molecular weight is 388 g/mol. The summed E-state index contributed by atoms with van der Waals surface area (Å²) in [6.07, 6.45) is -2.64. The maximum absolute atomic E-state index is 13.6. The first kappa shape index (κ1) is 22.4. The number of benzene rings is 1. The predicted molar refractivity (Wildman–Crippen MR) is 101 cm³/mol. The molecule has 1 aromatic rings. The van der Waals surface area contributed by atoms with Crippen LogP contribution >= 0.6 is 0 Å². The molecule has 0 fully saturated rings. The Balaban J connectivity index is 3.01. The van der Waals surface area contributed by atoms with Crippen LogP contribution in [-0.4, -0.2) is 44.4 Å². The number of hydrogen-bond donors (Lipinski definition) is 3. The number of rotatable bonds is 8. The summed E-state index contributed by atoms with van der Waals surface area (Å²) in [7, 11) is -0.746. The van der Waals surface area contributed by atoms with Gasteiger partial charge in [-0.05, 0) is 36.3 Å². The van der Waals surface area contributed by atoms with Crippen molar-refractivity contribution in [2.24, 2.45) is 0 Å². The Morgan fingerprint density at radius 3 is 2.46 bits per heavy atom. The van der Waals surface area contributed by atoms with Crippen LogP contribution in [0.5, 0.6) is 5.75 Å². The van der Waals surface area contributed by atoms with Crippen molar-refractivity contribution in [2.75, 3.05) is 13.7 Å². The van der Waals surface area contributed by atoms with E-state index in [9.17, 15) is 14.3 Å². The molecule has 0 bridgehead atoms. The van der Waals surface area contributed by atoms with Crippen molar-refractivity contribution in [1.82, 2.24) is 5.32 Å². The van der Waals surface area contributed by atoms with Crippen molar-refractivity contribution < 1.29 is 28.6 Å². The molecule has 2 atom stereocenters. The van der Waals surface area contributed by atoms with Gasteiger partial charge in [-0.25, -0.2) is 9.18 Å². The maximum Gasteiger partial charge on any atom is 0.404 e. The van der Waals surface area contributed by atoms with Gasteiger partial charge in [0.15, 0.2) is 8.32 Å². The molecular formula is C18H30FNO5Si. The van der Waals surface area contributed by atoms with E-state index in [1.54, 1.807) is 0 Å². The van der Waals surface area contributed by atoms with Crippen LogP contribution in [0.4, 0.5) is 9.18 Å². The smallest absolute Gasteiger partial charge is 0.404 e. The lowest BCUT2D eigenvalue weighted by molar-refractivity contribution is 0.0831. The molecule has 0 aliphatic rings. The van der Waals surface area contributed by atoms with Gasteiger partial charge in [-0.15, -0.1) is 0 Å². The van der Waals surface area contributed by atoms with Gasteiger partial charge in [-0.3, -0.25) is 0 Å². The van der Waals surface area contributed by atoms with Crippen LogP contribution in [0.15, 0.2) is 18.2 Å². The van der Waals surface area contributed by atoms with Crippen LogP contribution in [0.2, 0.25) is 18.1 Å².